The van der Waals surface area contributed by atoms with Crippen LogP contribution in [-0.4, -0.2) is 69.1 Å². The third-order valence-corrected chi connectivity index (χ3v) is 6.38. The van der Waals surface area contributed by atoms with Gasteiger partial charge >= 0.3 is 0 Å². The van der Waals surface area contributed by atoms with Crippen molar-refractivity contribution in [2.75, 3.05) is 45.6 Å². The van der Waals surface area contributed by atoms with Crippen LogP contribution in [0.3, 0.4) is 0 Å². The normalized spacial score (nSPS) is 18.6. The number of fused-ring (bicyclic) bond motifs is 1. The van der Waals surface area contributed by atoms with Crippen LogP contribution in [0.2, 0.25) is 0 Å². The van der Waals surface area contributed by atoms with Crippen LogP contribution in [0.4, 0.5) is 0 Å². The number of carbonyl (C=O) groups excluding carboxylic acids is 1. The fourth-order valence-corrected chi connectivity index (χ4v) is 4.35. The number of carbonyl (C=O) groups is 1. The van der Waals surface area contributed by atoms with E-state index in [4.69, 9.17) is 4.74 Å². The van der Waals surface area contributed by atoms with Gasteiger partial charge in [0.2, 0.25) is 15.9 Å². The van der Waals surface area contributed by atoms with E-state index < -0.39 is 10.0 Å². The summed E-state index contributed by atoms with van der Waals surface area (Å²) in [5, 5.41) is 2.99. The van der Waals surface area contributed by atoms with Crippen molar-refractivity contribution in [1.29, 1.82) is 0 Å². The number of benzene rings is 1. The average Bonchev–Trinajstić information content (AvgIpc) is 3.03. The lowest BCUT2D eigenvalue weighted by Gasteiger charge is -2.16. The zero-order valence-corrected chi connectivity index (χ0v) is 16.8. The molecule has 1 saturated heterocycles. The molecule has 0 atom stereocenters. The van der Waals surface area contributed by atoms with Crippen LogP contribution in [0.15, 0.2) is 18.2 Å². The third-order valence-electron chi connectivity index (χ3n) is 5.13. The molecule has 1 fully saturated rings. The molecule has 1 amide bonds. The molecule has 27 heavy (non-hydrogen) atoms. The van der Waals surface area contributed by atoms with Crippen LogP contribution in [-0.2, 0) is 27.8 Å². The second-order valence-electron chi connectivity index (χ2n) is 7.29. The van der Waals surface area contributed by atoms with Crippen LogP contribution < -0.4 is 10.1 Å². The summed E-state index contributed by atoms with van der Waals surface area (Å²) >= 11 is 0. The Morgan fingerprint density at radius 1 is 1.22 bits per heavy atom. The molecule has 0 spiro atoms. The summed E-state index contributed by atoms with van der Waals surface area (Å²) in [6.07, 6.45) is 4.78. The molecule has 1 N–H and O–H groups in total. The molecule has 8 heteroatoms. The zero-order chi connectivity index (χ0) is 19.3. The number of ether oxygens (including phenoxy) is 1. The van der Waals surface area contributed by atoms with Crippen molar-refractivity contribution in [1.82, 2.24) is 14.5 Å². The van der Waals surface area contributed by atoms with E-state index in [9.17, 15) is 13.2 Å². The van der Waals surface area contributed by atoms with Gasteiger partial charge in [-0.3, -0.25) is 4.79 Å². The summed E-state index contributed by atoms with van der Waals surface area (Å²) in [7, 11) is -3.26. The van der Waals surface area contributed by atoms with E-state index in [1.807, 2.05) is 18.2 Å². The highest BCUT2D eigenvalue weighted by atomic mass is 32.2. The zero-order valence-electron chi connectivity index (χ0n) is 15.9. The van der Waals surface area contributed by atoms with Crippen LogP contribution in [0.5, 0.6) is 5.75 Å². The predicted molar refractivity (Wildman–Crippen MR) is 104 cm³/mol. The Bertz CT molecular complexity index is 760. The summed E-state index contributed by atoms with van der Waals surface area (Å²) in [5.74, 6) is 0.776. The first-order chi connectivity index (χ1) is 12.9. The lowest BCUT2D eigenvalue weighted by molar-refractivity contribution is -0.121. The smallest absolute Gasteiger partial charge is 0.220 e. The summed E-state index contributed by atoms with van der Waals surface area (Å²) in [5.41, 5.74) is 1.87. The number of nitrogens with one attached hydrogen (secondary N) is 1. The Balaban J connectivity index is 1.50. The van der Waals surface area contributed by atoms with Crippen LogP contribution >= 0.6 is 0 Å². The van der Waals surface area contributed by atoms with Crippen LogP contribution in [0.25, 0.3) is 0 Å². The Hall–Kier alpha value is -1.64. The average molecular weight is 396 g/mol. The monoisotopic (exact) mass is 395 g/mol. The molecule has 1 aromatic carbocycles. The molecule has 1 aromatic rings. The maximum absolute atomic E-state index is 12.1. The summed E-state index contributed by atoms with van der Waals surface area (Å²) in [4.78, 5) is 14.5. The number of nitrogens with zero attached hydrogens (tertiary/aromatic N) is 2. The van der Waals surface area contributed by atoms with E-state index in [-0.39, 0.29) is 5.91 Å². The number of likely N-dealkylation sites (tertiary alicyclic amines) is 1. The van der Waals surface area contributed by atoms with E-state index in [2.05, 4.69) is 10.2 Å². The maximum Gasteiger partial charge on any atom is 0.220 e. The first-order valence-electron chi connectivity index (χ1n) is 9.60. The third kappa shape index (κ3) is 5.92. The van der Waals surface area contributed by atoms with Gasteiger partial charge in [-0.25, -0.2) is 8.42 Å². The lowest BCUT2D eigenvalue weighted by Crippen LogP contribution is -2.33. The molecular formula is C19H29N3O4S. The molecule has 2 aliphatic heterocycles. The standard InChI is InChI=1S/C19H29N3O4S/c1-27(24,25)22-12-13-26-18-6-4-16(14-17(18)15-22)5-7-19(23)20-8-11-21-9-2-3-10-21/h4,6,14H,2-3,5,7-13,15H2,1H3,(H,20,23). The number of sulfonamides is 1. The fourth-order valence-electron chi connectivity index (χ4n) is 3.57. The van der Waals surface area contributed by atoms with E-state index in [0.717, 1.165) is 36.5 Å². The number of rotatable bonds is 7. The lowest BCUT2D eigenvalue weighted by atomic mass is 10.1. The highest BCUT2D eigenvalue weighted by Crippen LogP contribution is 2.25. The number of amides is 1. The van der Waals surface area contributed by atoms with Gasteiger partial charge in [0.05, 0.1) is 6.26 Å². The van der Waals surface area contributed by atoms with Crippen molar-refractivity contribution in [2.24, 2.45) is 0 Å². The molecule has 3 rings (SSSR count). The molecule has 2 heterocycles. The van der Waals surface area contributed by atoms with Crippen molar-refractivity contribution >= 4 is 15.9 Å². The number of hydrogen-bond donors (Lipinski definition) is 1. The van der Waals surface area contributed by atoms with Gasteiger partial charge in [-0.2, -0.15) is 4.31 Å². The Labute approximate surface area is 161 Å². The minimum absolute atomic E-state index is 0.0538. The van der Waals surface area contributed by atoms with E-state index in [0.29, 0.717) is 39.1 Å². The van der Waals surface area contributed by atoms with Gasteiger partial charge < -0.3 is 15.0 Å². The largest absolute Gasteiger partial charge is 0.492 e. The van der Waals surface area contributed by atoms with Gasteiger partial charge in [-0.15, -0.1) is 0 Å². The van der Waals surface area contributed by atoms with Crippen molar-refractivity contribution < 1.29 is 17.9 Å². The first kappa shape index (κ1) is 20.1. The molecule has 7 nitrogen and oxygen atoms in total. The molecule has 0 bridgehead atoms. The predicted octanol–water partition coefficient (Wildman–Crippen LogP) is 0.985. The first-order valence-corrected chi connectivity index (χ1v) is 11.5. The van der Waals surface area contributed by atoms with Gasteiger partial charge in [-0.1, -0.05) is 12.1 Å². The fraction of sp³-hybridized carbons (Fsp3) is 0.632. The Morgan fingerprint density at radius 2 is 2.00 bits per heavy atom. The Morgan fingerprint density at radius 3 is 2.74 bits per heavy atom. The van der Waals surface area contributed by atoms with E-state index in [1.165, 1.54) is 23.4 Å². The van der Waals surface area contributed by atoms with Crippen LogP contribution in [0, 0.1) is 0 Å². The van der Waals surface area contributed by atoms with Crippen LogP contribution in [0.1, 0.15) is 30.4 Å². The quantitative estimate of drug-likeness (QED) is 0.745. The SMILES string of the molecule is CS(=O)(=O)N1CCOc2ccc(CCC(=O)NCCN3CCCC3)cc2C1. The summed E-state index contributed by atoms with van der Waals surface area (Å²) in [6.45, 7) is 4.89. The molecule has 150 valence electrons. The minimum atomic E-state index is -3.26. The van der Waals surface area contributed by atoms with Gasteiger partial charge in [0.25, 0.3) is 0 Å². The molecule has 0 unspecified atom stereocenters. The number of hydrogen-bond acceptors (Lipinski definition) is 5. The topological polar surface area (TPSA) is 78.9 Å². The van der Waals surface area contributed by atoms with Crippen molar-refractivity contribution in [3.63, 3.8) is 0 Å². The Kier molecular flexibility index (Phi) is 6.73. The van der Waals surface area contributed by atoms with Gasteiger partial charge in [-0.05, 0) is 44.0 Å². The van der Waals surface area contributed by atoms with Gasteiger partial charge in [0.15, 0.2) is 0 Å². The van der Waals surface area contributed by atoms with Crippen molar-refractivity contribution in [3.8, 4) is 5.75 Å². The van der Waals surface area contributed by atoms with Crippen molar-refractivity contribution in [2.45, 2.75) is 32.2 Å². The molecule has 2 aliphatic rings. The maximum atomic E-state index is 12.1. The molecule has 0 aliphatic carbocycles. The second kappa shape index (κ2) is 9.03. The minimum Gasteiger partial charge on any atom is -0.492 e. The summed E-state index contributed by atoms with van der Waals surface area (Å²) < 4.78 is 30.8. The van der Waals surface area contributed by atoms with E-state index in [1.54, 1.807) is 0 Å². The van der Waals surface area contributed by atoms with E-state index >= 15 is 0 Å². The van der Waals surface area contributed by atoms with Crippen molar-refractivity contribution in [3.05, 3.63) is 29.3 Å². The van der Waals surface area contributed by atoms with Gasteiger partial charge in [0, 0.05) is 38.2 Å². The second-order valence-corrected chi connectivity index (χ2v) is 9.27. The molecular weight excluding hydrogens is 366 g/mol. The van der Waals surface area contributed by atoms with Gasteiger partial charge in [0.1, 0.15) is 12.4 Å². The number of aryl methyl sites for hydroxylation is 1. The molecule has 0 aromatic heterocycles. The highest BCUT2D eigenvalue weighted by Gasteiger charge is 2.22. The summed E-state index contributed by atoms with van der Waals surface area (Å²) in [6, 6.07) is 5.78. The molecule has 0 radical (unpaired) electrons. The molecule has 0 saturated carbocycles. The highest BCUT2D eigenvalue weighted by molar-refractivity contribution is 7.88.